The summed E-state index contributed by atoms with van der Waals surface area (Å²) in [6.45, 7) is 4.18. The van der Waals surface area contributed by atoms with Crippen LogP contribution in [0.1, 0.15) is 52.4 Å². The first-order valence-electron chi connectivity index (χ1n) is 6.25. The van der Waals surface area contributed by atoms with Crippen LogP contribution in [0.2, 0.25) is 0 Å². The van der Waals surface area contributed by atoms with Crippen molar-refractivity contribution in [3.05, 3.63) is 12.2 Å². The van der Waals surface area contributed by atoms with Crippen LogP contribution in [0.4, 0.5) is 0 Å². The molecule has 3 nitrogen and oxygen atoms in total. The van der Waals surface area contributed by atoms with Crippen molar-refractivity contribution in [1.29, 1.82) is 0 Å². The second kappa shape index (κ2) is 10.7. The molecule has 16 heavy (non-hydrogen) atoms. The van der Waals surface area contributed by atoms with Crippen molar-refractivity contribution in [2.45, 2.75) is 58.4 Å². The highest BCUT2D eigenvalue weighted by Crippen LogP contribution is 2.05. The normalized spacial score (nSPS) is 12.9. The fourth-order valence-electron chi connectivity index (χ4n) is 1.31. The van der Waals surface area contributed by atoms with Crippen LogP contribution in [0, 0.1) is 0 Å². The average Bonchev–Trinajstić information content (AvgIpc) is 2.26. The standard InChI is InChI=1S/C13H25NO2/c1-3-4-5-6-7-8-9-10-11-16-13(15)12(2)14/h9-10,12H,3-8,11,14H2,1-2H3. The Labute approximate surface area is 99.0 Å². The second-order valence-electron chi connectivity index (χ2n) is 4.09. The number of hydrogen-bond donors (Lipinski definition) is 1. The zero-order valence-corrected chi connectivity index (χ0v) is 10.6. The Bertz CT molecular complexity index is 200. The van der Waals surface area contributed by atoms with Gasteiger partial charge in [0.05, 0.1) is 0 Å². The lowest BCUT2D eigenvalue weighted by Gasteiger charge is -2.03. The largest absolute Gasteiger partial charge is 0.460 e. The van der Waals surface area contributed by atoms with Gasteiger partial charge in [-0.3, -0.25) is 4.79 Å². The van der Waals surface area contributed by atoms with Gasteiger partial charge in [-0.15, -0.1) is 0 Å². The lowest BCUT2D eigenvalue weighted by molar-refractivity contribution is -0.143. The first kappa shape index (κ1) is 15.2. The Hall–Kier alpha value is -0.830. The van der Waals surface area contributed by atoms with Gasteiger partial charge in [0.1, 0.15) is 12.6 Å². The summed E-state index contributed by atoms with van der Waals surface area (Å²) in [4.78, 5) is 11.0. The molecule has 3 heteroatoms. The molecule has 1 atom stereocenters. The molecule has 0 radical (unpaired) electrons. The van der Waals surface area contributed by atoms with Crippen LogP contribution in [0.15, 0.2) is 12.2 Å². The van der Waals surface area contributed by atoms with Crippen LogP contribution >= 0.6 is 0 Å². The number of carbonyl (C=O) groups excluding carboxylic acids is 1. The van der Waals surface area contributed by atoms with Gasteiger partial charge in [0.15, 0.2) is 0 Å². The highest BCUT2D eigenvalue weighted by molar-refractivity contribution is 5.74. The van der Waals surface area contributed by atoms with E-state index in [9.17, 15) is 4.79 Å². The molecule has 94 valence electrons. The van der Waals surface area contributed by atoms with Crippen molar-refractivity contribution >= 4 is 5.97 Å². The van der Waals surface area contributed by atoms with E-state index < -0.39 is 6.04 Å². The molecule has 0 heterocycles. The predicted molar refractivity (Wildman–Crippen MR) is 67.1 cm³/mol. The summed E-state index contributed by atoms with van der Waals surface area (Å²) in [7, 11) is 0. The SMILES string of the molecule is CCCCCCCC=CCOC(=O)C(C)N. The summed E-state index contributed by atoms with van der Waals surface area (Å²) in [6, 6.07) is -0.526. The molecule has 0 aliphatic carbocycles. The van der Waals surface area contributed by atoms with Gasteiger partial charge in [-0.2, -0.15) is 0 Å². The molecule has 2 N–H and O–H groups in total. The molecule has 0 saturated carbocycles. The van der Waals surface area contributed by atoms with Gasteiger partial charge in [0, 0.05) is 0 Å². The Kier molecular flexibility index (Phi) is 10.1. The molecule has 0 fully saturated rings. The Morgan fingerprint density at radius 1 is 1.25 bits per heavy atom. The van der Waals surface area contributed by atoms with Crippen molar-refractivity contribution in [2.24, 2.45) is 5.73 Å². The van der Waals surface area contributed by atoms with E-state index in [2.05, 4.69) is 13.0 Å². The molecular weight excluding hydrogens is 202 g/mol. The summed E-state index contributed by atoms with van der Waals surface area (Å²) in [5, 5.41) is 0. The molecule has 1 unspecified atom stereocenters. The minimum atomic E-state index is -0.526. The van der Waals surface area contributed by atoms with Gasteiger partial charge in [-0.1, -0.05) is 44.8 Å². The van der Waals surface area contributed by atoms with E-state index in [0.29, 0.717) is 6.61 Å². The molecule has 0 aromatic carbocycles. The zero-order chi connectivity index (χ0) is 12.2. The smallest absolute Gasteiger partial charge is 0.322 e. The van der Waals surface area contributed by atoms with E-state index in [1.54, 1.807) is 6.92 Å². The predicted octanol–water partition coefficient (Wildman–Crippen LogP) is 2.79. The number of carbonyl (C=O) groups is 1. The second-order valence-corrected chi connectivity index (χ2v) is 4.09. The fraction of sp³-hybridized carbons (Fsp3) is 0.769. The summed E-state index contributed by atoms with van der Waals surface area (Å²) in [6.07, 6.45) is 11.5. The van der Waals surface area contributed by atoms with Gasteiger partial charge in [0.25, 0.3) is 0 Å². The molecule has 0 saturated heterocycles. The van der Waals surface area contributed by atoms with E-state index >= 15 is 0 Å². The molecule has 0 aliphatic heterocycles. The minimum absolute atomic E-state index is 0.340. The van der Waals surface area contributed by atoms with E-state index in [1.165, 1.54) is 32.1 Å². The van der Waals surface area contributed by atoms with Crippen molar-refractivity contribution < 1.29 is 9.53 Å². The maximum absolute atomic E-state index is 11.0. The molecule has 0 amide bonds. The number of rotatable bonds is 9. The van der Waals surface area contributed by atoms with E-state index in [4.69, 9.17) is 10.5 Å². The number of allylic oxidation sites excluding steroid dienone is 1. The average molecular weight is 227 g/mol. The van der Waals surface area contributed by atoms with Crippen LogP contribution in [-0.4, -0.2) is 18.6 Å². The van der Waals surface area contributed by atoms with E-state index in [-0.39, 0.29) is 5.97 Å². The molecule has 0 aliphatic rings. The van der Waals surface area contributed by atoms with Crippen molar-refractivity contribution in [3.63, 3.8) is 0 Å². The lowest BCUT2D eigenvalue weighted by Crippen LogP contribution is -2.28. The third-order valence-electron chi connectivity index (χ3n) is 2.33. The topological polar surface area (TPSA) is 52.3 Å². The van der Waals surface area contributed by atoms with E-state index in [1.807, 2.05) is 6.08 Å². The molecule has 0 bridgehead atoms. The van der Waals surface area contributed by atoms with Gasteiger partial charge in [0.2, 0.25) is 0 Å². The third kappa shape index (κ3) is 9.71. The monoisotopic (exact) mass is 227 g/mol. The summed E-state index contributed by atoms with van der Waals surface area (Å²) in [5.41, 5.74) is 5.35. The Morgan fingerprint density at radius 2 is 1.94 bits per heavy atom. The number of hydrogen-bond acceptors (Lipinski definition) is 3. The zero-order valence-electron chi connectivity index (χ0n) is 10.6. The molecule has 0 rings (SSSR count). The molecule has 0 spiro atoms. The van der Waals surface area contributed by atoms with Gasteiger partial charge >= 0.3 is 5.97 Å². The number of ether oxygens (including phenoxy) is 1. The molecule has 0 aromatic rings. The van der Waals surface area contributed by atoms with Gasteiger partial charge < -0.3 is 10.5 Å². The minimum Gasteiger partial charge on any atom is -0.460 e. The summed E-state index contributed by atoms with van der Waals surface area (Å²) in [5.74, 6) is -0.340. The van der Waals surface area contributed by atoms with Crippen molar-refractivity contribution in [1.82, 2.24) is 0 Å². The highest BCUT2D eigenvalue weighted by Gasteiger charge is 2.06. The van der Waals surface area contributed by atoms with Crippen LogP contribution in [0.3, 0.4) is 0 Å². The maximum atomic E-state index is 11.0. The van der Waals surface area contributed by atoms with Crippen LogP contribution in [0.25, 0.3) is 0 Å². The third-order valence-corrected chi connectivity index (χ3v) is 2.33. The maximum Gasteiger partial charge on any atom is 0.322 e. The van der Waals surface area contributed by atoms with Gasteiger partial charge in [-0.05, 0) is 19.8 Å². The first-order chi connectivity index (χ1) is 7.68. The van der Waals surface area contributed by atoms with Crippen LogP contribution < -0.4 is 5.73 Å². The number of esters is 1. The van der Waals surface area contributed by atoms with Crippen molar-refractivity contribution in [2.75, 3.05) is 6.61 Å². The fourth-order valence-corrected chi connectivity index (χ4v) is 1.31. The van der Waals surface area contributed by atoms with Crippen LogP contribution in [0.5, 0.6) is 0 Å². The highest BCUT2D eigenvalue weighted by atomic mass is 16.5. The molecule has 0 aromatic heterocycles. The van der Waals surface area contributed by atoms with Crippen molar-refractivity contribution in [3.8, 4) is 0 Å². The first-order valence-corrected chi connectivity index (χ1v) is 6.25. The number of nitrogens with two attached hydrogens (primary N) is 1. The quantitative estimate of drug-likeness (QED) is 0.374. The molecular formula is C13H25NO2. The van der Waals surface area contributed by atoms with E-state index in [0.717, 1.165) is 6.42 Å². The lowest BCUT2D eigenvalue weighted by atomic mass is 10.1. The van der Waals surface area contributed by atoms with Gasteiger partial charge in [-0.25, -0.2) is 0 Å². The summed E-state index contributed by atoms with van der Waals surface area (Å²) < 4.78 is 4.90. The Morgan fingerprint density at radius 3 is 2.56 bits per heavy atom. The van der Waals surface area contributed by atoms with Crippen LogP contribution in [-0.2, 0) is 9.53 Å². The Balaban J connectivity index is 3.25. The summed E-state index contributed by atoms with van der Waals surface area (Å²) >= 11 is 0. The number of unbranched alkanes of at least 4 members (excludes halogenated alkanes) is 5.